The van der Waals surface area contributed by atoms with Crippen molar-refractivity contribution < 1.29 is 9.18 Å². The molecule has 3 nitrogen and oxygen atoms in total. The summed E-state index contributed by atoms with van der Waals surface area (Å²) in [7, 11) is 0. The quantitative estimate of drug-likeness (QED) is 0.718. The van der Waals surface area contributed by atoms with Gasteiger partial charge >= 0.3 is 0 Å². The molecule has 0 aliphatic rings. The first-order valence-electron chi connectivity index (χ1n) is 4.39. The lowest BCUT2D eigenvalue weighted by Gasteiger charge is -2.02. The van der Waals surface area contributed by atoms with Crippen LogP contribution in [0.5, 0.6) is 0 Å². The molecule has 0 amide bonds. The number of halogens is 1. The van der Waals surface area contributed by atoms with Crippen molar-refractivity contribution in [2.45, 2.75) is 6.54 Å². The molecular weight excluding hydrogens is 183 g/mol. The number of rotatable bonds is 5. The number of carbonyl (C=O) groups is 1. The van der Waals surface area contributed by atoms with Gasteiger partial charge in [-0.15, -0.1) is 0 Å². The minimum atomic E-state index is -0.258. The molecule has 1 aromatic carbocycles. The maximum atomic E-state index is 12.5. The van der Waals surface area contributed by atoms with E-state index in [1.165, 1.54) is 12.1 Å². The van der Waals surface area contributed by atoms with Crippen LogP contribution in [0.3, 0.4) is 0 Å². The molecule has 0 aliphatic heterocycles. The Morgan fingerprint density at radius 1 is 1.36 bits per heavy atom. The monoisotopic (exact) mass is 196 g/mol. The van der Waals surface area contributed by atoms with E-state index < -0.39 is 0 Å². The Kier molecular flexibility index (Phi) is 4.22. The highest BCUT2D eigenvalue weighted by molar-refractivity contribution is 5.82. The fraction of sp³-hybridized carbons (Fsp3) is 0.300. The number of carbonyl (C=O) groups excluding carboxylic acids is 1. The summed E-state index contributed by atoms with van der Waals surface area (Å²) in [6.07, 6.45) is 0. The lowest BCUT2D eigenvalue weighted by Crippen LogP contribution is -2.27. The molecule has 0 fully saturated rings. The fourth-order valence-electron chi connectivity index (χ4n) is 1.02. The van der Waals surface area contributed by atoms with Crippen molar-refractivity contribution in [1.82, 2.24) is 5.32 Å². The Hall–Kier alpha value is -1.26. The SMILES string of the molecule is NCC(=O)CNCc1ccc(F)cc1. The van der Waals surface area contributed by atoms with E-state index in [9.17, 15) is 9.18 Å². The molecule has 0 bridgehead atoms. The molecule has 14 heavy (non-hydrogen) atoms. The molecule has 0 spiro atoms. The van der Waals surface area contributed by atoms with Crippen LogP contribution in [0.4, 0.5) is 4.39 Å². The largest absolute Gasteiger partial charge is 0.324 e. The molecule has 0 aromatic heterocycles. The number of nitrogens with two attached hydrogens (primary N) is 1. The first-order chi connectivity index (χ1) is 6.72. The summed E-state index contributed by atoms with van der Waals surface area (Å²) < 4.78 is 12.5. The summed E-state index contributed by atoms with van der Waals surface area (Å²) in [6, 6.07) is 6.13. The predicted molar refractivity (Wildman–Crippen MR) is 52.2 cm³/mol. The molecule has 0 atom stereocenters. The Bertz CT molecular complexity index is 297. The van der Waals surface area contributed by atoms with Crippen LogP contribution in [0.1, 0.15) is 5.56 Å². The van der Waals surface area contributed by atoms with Gasteiger partial charge in [0.25, 0.3) is 0 Å². The van der Waals surface area contributed by atoms with Gasteiger partial charge in [0.05, 0.1) is 13.1 Å². The highest BCUT2D eigenvalue weighted by Gasteiger charge is 1.97. The van der Waals surface area contributed by atoms with Crippen LogP contribution in [0.25, 0.3) is 0 Å². The molecule has 0 unspecified atom stereocenters. The van der Waals surface area contributed by atoms with Gasteiger partial charge < -0.3 is 11.1 Å². The van der Waals surface area contributed by atoms with Crippen LogP contribution in [0.2, 0.25) is 0 Å². The third kappa shape index (κ3) is 3.64. The minimum absolute atomic E-state index is 0.0351. The van der Waals surface area contributed by atoms with Gasteiger partial charge in [0, 0.05) is 6.54 Å². The summed E-state index contributed by atoms with van der Waals surface area (Å²) in [6.45, 7) is 0.857. The molecule has 1 rings (SSSR count). The number of hydrogen-bond acceptors (Lipinski definition) is 3. The number of ketones is 1. The maximum absolute atomic E-state index is 12.5. The second-order valence-corrected chi connectivity index (χ2v) is 2.97. The third-order valence-electron chi connectivity index (χ3n) is 1.79. The number of benzene rings is 1. The van der Waals surface area contributed by atoms with Gasteiger partial charge in [-0.1, -0.05) is 12.1 Å². The van der Waals surface area contributed by atoms with Crippen molar-refractivity contribution >= 4 is 5.78 Å². The smallest absolute Gasteiger partial charge is 0.160 e. The van der Waals surface area contributed by atoms with Crippen molar-refractivity contribution in [3.63, 3.8) is 0 Å². The Balaban J connectivity index is 2.31. The van der Waals surface area contributed by atoms with Crippen LogP contribution in [-0.4, -0.2) is 18.9 Å². The van der Waals surface area contributed by atoms with Crippen molar-refractivity contribution in [2.75, 3.05) is 13.1 Å². The molecule has 0 radical (unpaired) electrons. The van der Waals surface area contributed by atoms with Crippen LogP contribution in [0.15, 0.2) is 24.3 Å². The van der Waals surface area contributed by atoms with Gasteiger partial charge in [0.1, 0.15) is 5.82 Å². The van der Waals surface area contributed by atoms with Gasteiger partial charge in [0.15, 0.2) is 5.78 Å². The molecular formula is C10H13FN2O. The summed E-state index contributed by atoms with van der Waals surface area (Å²) in [5.74, 6) is -0.293. The van der Waals surface area contributed by atoms with Crippen LogP contribution in [0, 0.1) is 5.82 Å². The lowest BCUT2D eigenvalue weighted by molar-refractivity contribution is -0.116. The van der Waals surface area contributed by atoms with Crippen molar-refractivity contribution in [1.29, 1.82) is 0 Å². The summed E-state index contributed by atoms with van der Waals surface area (Å²) in [5, 5.41) is 2.92. The Morgan fingerprint density at radius 2 is 2.00 bits per heavy atom. The third-order valence-corrected chi connectivity index (χ3v) is 1.79. The highest BCUT2D eigenvalue weighted by Crippen LogP contribution is 2.01. The predicted octanol–water partition coefficient (Wildman–Crippen LogP) is 0.443. The van der Waals surface area contributed by atoms with Gasteiger partial charge in [-0.25, -0.2) is 4.39 Å². The highest BCUT2D eigenvalue weighted by atomic mass is 19.1. The zero-order valence-corrected chi connectivity index (χ0v) is 7.79. The summed E-state index contributed by atoms with van der Waals surface area (Å²) in [5.41, 5.74) is 6.07. The Labute approximate surface area is 82.1 Å². The first kappa shape index (κ1) is 10.8. The number of Topliss-reactive ketones (excluding diaryl/α,β-unsaturated/α-hetero) is 1. The maximum Gasteiger partial charge on any atom is 0.160 e. The molecule has 76 valence electrons. The standard InChI is InChI=1S/C10H13FN2O/c11-9-3-1-8(2-4-9)6-13-7-10(14)5-12/h1-4,13H,5-7,12H2. The zero-order chi connectivity index (χ0) is 10.4. The minimum Gasteiger partial charge on any atom is -0.324 e. The van der Waals surface area contributed by atoms with Gasteiger partial charge in [-0.3, -0.25) is 4.79 Å². The number of hydrogen-bond donors (Lipinski definition) is 2. The molecule has 0 saturated heterocycles. The molecule has 3 N–H and O–H groups in total. The summed E-state index contributed by atoms with van der Waals surface area (Å²) >= 11 is 0. The van der Waals surface area contributed by atoms with Crippen molar-refractivity contribution in [3.8, 4) is 0 Å². The molecule has 0 saturated carbocycles. The topological polar surface area (TPSA) is 55.1 Å². The van der Waals surface area contributed by atoms with Crippen molar-refractivity contribution in [2.24, 2.45) is 5.73 Å². The van der Waals surface area contributed by atoms with Crippen LogP contribution in [-0.2, 0) is 11.3 Å². The van der Waals surface area contributed by atoms with Crippen LogP contribution < -0.4 is 11.1 Å². The van der Waals surface area contributed by atoms with Gasteiger partial charge in [-0.2, -0.15) is 0 Å². The molecule has 4 heteroatoms. The van der Waals surface area contributed by atoms with Gasteiger partial charge in [-0.05, 0) is 17.7 Å². The number of nitrogens with one attached hydrogen (secondary N) is 1. The summed E-state index contributed by atoms with van der Waals surface area (Å²) in [4.78, 5) is 10.8. The van der Waals surface area contributed by atoms with Gasteiger partial charge in [0.2, 0.25) is 0 Å². The second kappa shape index (κ2) is 5.47. The lowest BCUT2D eigenvalue weighted by atomic mass is 10.2. The van der Waals surface area contributed by atoms with E-state index in [-0.39, 0.29) is 24.7 Å². The zero-order valence-electron chi connectivity index (χ0n) is 7.79. The fourth-order valence-corrected chi connectivity index (χ4v) is 1.02. The molecule has 0 aliphatic carbocycles. The van der Waals surface area contributed by atoms with E-state index in [4.69, 9.17) is 5.73 Å². The normalized spacial score (nSPS) is 10.1. The van der Waals surface area contributed by atoms with E-state index in [1.54, 1.807) is 12.1 Å². The van der Waals surface area contributed by atoms with E-state index in [0.29, 0.717) is 6.54 Å². The van der Waals surface area contributed by atoms with E-state index >= 15 is 0 Å². The van der Waals surface area contributed by atoms with E-state index in [1.807, 2.05) is 0 Å². The molecule has 1 aromatic rings. The average Bonchev–Trinajstić information content (AvgIpc) is 2.21. The first-order valence-corrected chi connectivity index (χ1v) is 4.39. The van der Waals surface area contributed by atoms with Crippen LogP contribution >= 0.6 is 0 Å². The average molecular weight is 196 g/mol. The van der Waals surface area contributed by atoms with Crippen molar-refractivity contribution in [3.05, 3.63) is 35.6 Å². The van der Waals surface area contributed by atoms with E-state index in [0.717, 1.165) is 5.56 Å². The Morgan fingerprint density at radius 3 is 2.57 bits per heavy atom. The van der Waals surface area contributed by atoms with E-state index in [2.05, 4.69) is 5.32 Å². The molecule has 0 heterocycles. The second-order valence-electron chi connectivity index (χ2n) is 2.97.